The fraction of sp³-hybridized carbons (Fsp3) is 0.200. The van der Waals surface area contributed by atoms with Crippen LogP contribution in [0.1, 0.15) is 5.56 Å². The molecule has 1 aliphatic heterocycles. The molecular formula is C15H14FNO2. The second kappa shape index (κ2) is 5.18. The van der Waals surface area contributed by atoms with E-state index < -0.39 is 0 Å². The van der Waals surface area contributed by atoms with Crippen molar-refractivity contribution < 1.29 is 13.9 Å². The van der Waals surface area contributed by atoms with Crippen LogP contribution in [0.5, 0.6) is 11.5 Å². The third kappa shape index (κ3) is 2.78. The van der Waals surface area contributed by atoms with E-state index in [1.807, 2.05) is 24.3 Å². The molecule has 19 heavy (non-hydrogen) atoms. The Morgan fingerprint density at radius 3 is 2.68 bits per heavy atom. The maximum absolute atomic E-state index is 13.1. The molecule has 0 saturated heterocycles. The largest absolute Gasteiger partial charge is 0.486 e. The first-order valence-corrected chi connectivity index (χ1v) is 6.19. The number of nitrogens with one attached hydrogen (secondary N) is 1. The summed E-state index contributed by atoms with van der Waals surface area (Å²) in [5, 5.41) is 3.24. The molecule has 1 heterocycles. The highest BCUT2D eigenvalue weighted by molar-refractivity contribution is 5.55. The SMILES string of the molecule is Fc1cccc(CNc2ccc3c(c2)OCCO3)c1. The van der Waals surface area contributed by atoms with Crippen molar-refractivity contribution in [1.82, 2.24) is 0 Å². The zero-order chi connectivity index (χ0) is 13.1. The Hall–Kier alpha value is -2.23. The van der Waals surface area contributed by atoms with Gasteiger partial charge in [0.1, 0.15) is 19.0 Å². The van der Waals surface area contributed by atoms with Crippen molar-refractivity contribution in [2.24, 2.45) is 0 Å². The molecule has 4 heteroatoms. The average Bonchev–Trinajstić information content (AvgIpc) is 2.45. The number of hydrogen-bond acceptors (Lipinski definition) is 3. The summed E-state index contributed by atoms with van der Waals surface area (Å²) in [6.45, 7) is 1.72. The van der Waals surface area contributed by atoms with Crippen LogP contribution >= 0.6 is 0 Å². The van der Waals surface area contributed by atoms with Crippen LogP contribution in [0.25, 0.3) is 0 Å². The van der Waals surface area contributed by atoms with Crippen LogP contribution < -0.4 is 14.8 Å². The number of benzene rings is 2. The number of halogens is 1. The topological polar surface area (TPSA) is 30.5 Å². The van der Waals surface area contributed by atoms with E-state index in [1.54, 1.807) is 6.07 Å². The highest BCUT2D eigenvalue weighted by atomic mass is 19.1. The van der Waals surface area contributed by atoms with Crippen LogP contribution in [-0.2, 0) is 6.54 Å². The van der Waals surface area contributed by atoms with Crippen LogP contribution in [-0.4, -0.2) is 13.2 Å². The monoisotopic (exact) mass is 259 g/mol. The van der Waals surface area contributed by atoms with Crippen molar-refractivity contribution in [2.75, 3.05) is 18.5 Å². The first kappa shape index (κ1) is 11.8. The van der Waals surface area contributed by atoms with Gasteiger partial charge < -0.3 is 14.8 Å². The van der Waals surface area contributed by atoms with Crippen molar-refractivity contribution in [3.8, 4) is 11.5 Å². The molecule has 0 fully saturated rings. The Kier molecular flexibility index (Phi) is 3.23. The van der Waals surface area contributed by atoms with Gasteiger partial charge in [-0.1, -0.05) is 12.1 Å². The highest BCUT2D eigenvalue weighted by Crippen LogP contribution is 2.32. The average molecular weight is 259 g/mol. The molecule has 0 saturated carbocycles. The zero-order valence-corrected chi connectivity index (χ0v) is 10.4. The van der Waals surface area contributed by atoms with Crippen LogP contribution in [0.4, 0.5) is 10.1 Å². The lowest BCUT2D eigenvalue weighted by Crippen LogP contribution is -2.15. The molecule has 0 bridgehead atoms. The van der Waals surface area contributed by atoms with Gasteiger partial charge in [-0.05, 0) is 29.8 Å². The quantitative estimate of drug-likeness (QED) is 0.918. The summed E-state index contributed by atoms with van der Waals surface area (Å²) in [6.07, 6.45) is 0. The van der Waals surface area contributed by atoms with Crippen LogP contribution in [0.3, 0.4) is 0 Å². The maximum atomic E-state index is 13.1. The predicted molar refractivity (Wildman–Crippen MR) is 71.2 cm³/mol. The van der Waals surface area contributed by atoms with E-state index in [4.69, 9.17) is 9.47 Å². The van der Waals surface area contributed by atoms with E-state index in [1.165, 1.54) is 12.1 Å². The summed E-state index contributed by atoms with van der Waals surface area (Å²) >= 11 is 0. The van der Waals surface area contributed by atoms with Gasteiger partial charge in [-0.3, -0.25) is 0 Å². The summed E-state index contributed by atoms with van der Waals surface area (Å²) in [6, 6.07) is 12.2. The smallest absolute Gasteiger partial charge is 0.163 e. The van der Waals surface area contributed by atoms with E-state index in [0.29, 0.717) is 19.8 Å². The van der Waals surface area contributed by atoms with Gasteiger partial charge in [-0.2, -0.15) is 0 Å². The molecule has 0 unspecified atom stereocenters. The first-order valence-electron chi connectivity index (χ1n) is 6.19. The molecule has 2 aromatic rings. The summed E-state index contributed by atoms with van der Waals surface area (Å²) in [4.78, 5) is 0. The second-order valence-corrected chi connectivity index (χ2v) is 4.34. The minimum atomic E-state index is -0.221. The van der Waals surface area contributed by atoms with E-state index in [2.05, 4.69) is 5.32 Å². The summed E-state index contributed by atoms with van der Waals surface area (Å²) in [7, 11) is 0. The van der Waals surface area contributed by atoms with Gasteiger partial charge in [0, 0.05) is 18.3 Å². The minimum Gasteiger partial charge on any atom is -0.486 e. The summed E-state index contributed by atoms with van der Waals surface area (Å²) in [5.41, 5.74) is 1.82. The molecule has 1 N–H and O–H groups in total. The van der Waals surface area contributed by atoms with Crippen LogP contribution in [0.2, 0.25) is 0 Å². The lowest BCUT2D eigenvalue weighted by molar-refractivity contribution is 0.171. The molecule has 0 spiro atoms. The Bertz CT molecular complexity index is 586. The number of fused-ring (bicyclic) bond motifs is 1. The van der Waals surface area contributed by atoms with Gasteiger partial charge in [-0.25, -0.2) is 4.39 Å². The summed E-state index contributed by atoms with van der Waals surface area (Å²) in [5.74, 6) is 1.29. The molecule has 2 aromatic carbocycles. The van der Waals surface area contributed by atoms with E-state index in [9.17, 15) is 4.39 Å². The van der Waals surface area contributed by atoms with Crippen molar-refractivity contribution in [1.29, 1.82) is 0 Å². The van der Waals surface area contributed by atoms with E-state index in [0.717, 1.165) is 22.7 Å². The van der Waals surface area contributed by atoms with Gasteiger partial charge in [0.25, 0.3) is 0 Å². The van der Waals surface area contributed by atoms with Gasteiger partial charge in [0.05, 0.1) is 0 Å². The third-order valence-electron chi connectivity index (χ3n) is 2.93. The second-order valence-electron chi connectivity index (χ2n) is 4.34. The molecule has 3 nitrogen and oxygen atoms in total. The zero-order valence-electron chi connectivity index (χ0n) is 10.4. The molecule has 0 aromatic heterocycles. The lowest BCUT2D eigenvalue weighted by Gasteiger charge is -2.19. The molecular weight excluding hydrogens is 245 g/mol. The van der Waals surface area contributed by atoms with Crippen LogP contribution in [0.15, 0.2) is 42.5 Å². The molecule has 1 aliphatic rings. The molecule has 0 atom stereocenters. The molecule has 0 amide bonds. The van der Waals surface area contributed by atoms with E-state index in [-0.39, 0.29) is 5.82 Å². The first-order chi connectivity index (χ1) is 9.31. The predicted octanol–water partition coefficient (Wildman–Crippen LogP) is 3.21. The van der Waals surface area contributed by atoms with Crippen molar-refractivity contribution >= 4 is 5.69 Å². The Balaban J connectivity index is 1.70. The fourth-order valence-corrected chi connectivity index (χ4v) is 2.00. The van der Waals surface area contributed by atoms with Crippen molar-refractivity contribution in [2.45, 2.75) is 6.54 Å². The lowest BCUT2D eigenvalue weighted by atomic mass is 10.2. The Morgan fingerprint density at radius 1 is 1.00 bits per heavy atom. The fourth-order valence-electron chi connectivity index (χ4n) is 2.00. The Morgan fingerprint density at radius 2 is 1.84 bits per heavy atom. The van der Waals surface area contributed by atoms with Crippen molar-refractivity contribution in [3.63, 3.8) is 0 Å². The van der Waals surface area contributed by atoms with Crippen LogP contribution in [0, 0.1) is 5.82 Å². The molecule has 3 rings (SSSR count). The van der Waals surface area contributed by atoms with Crippen molar-refractivity contribution in [3.05, 3.63) is 53.8 Å². The number of anilines is 1. The molecule has 98 valence electrons. The number of rotatable bonds is 3. The van der Waals surface area contributed by atoms with Gasteiger partial charge >= 0.3 is 0 Å². The number of hydrogen-bond donors (Lipinski definition) is 1. The van der Waals surface area contributed by atoms with Gasteiger partial charge in [-0.15, -0.1) is 0 Å². The Labute approximate surface area is 111 Å². The number of ether oxygens (including phenoxy) is 2. The maximum Gasteiger partial charge on any atom is 0.163 e. The van der Waals surface area contributed by atoms with Gasteiger partial charge in [0.15, 0.2) is 11.5 Å². The minimum absolute atomic E-state index is 0.221. The molecule has 0 radical (unpaired) electrons. The highest BCUT2D eigenvalue weighted by Gasteiger charge is 2.11. The molecule has 0 aliphatic carbocycles. The normalized spacial score (nSPS) is 13.1. The van der Waals surface area contributed by atoms with E-state index >= 15 is 0 Å². The summed E-state index contributed by atoms with van der Waals surface area (Å²) < 4.78 is 24.0. The van der Waals surface area contributed by atoms with Gasteiger partial charge in [0.2, 0.25) is 0 Å². The standard InChI is InChI=1S/C15H14FNO2/c16-12-3-1-2-11(8-12)10-17-13-4-5-14-15(9-13)19-7-6-18-14/h1-5,8-9,17H,6-7,10H2. The third-order valence-corrected chi connectivity index (χ3v) is 2.93.